The van der Waals surface area contributed by atoms with E-state index in [4.69, 9.17) is 18.6 Å². The normalized spacial score (nSPS) is 15.9. The number of likely N-dealkylation sites (tertiary alicyclic amines) is 1. The monoisotopic (exact) mass is 838 g/mol. The van der Waals surface area contributed by atoms with Crippen molar-refractivity contribution >= 4 is 47.4 Å². The fraction of sp³-hybridized carbons (Fsp3) is 0.467. The number of furan rings is 1. The topological polar surface area (TPSA) is 193 Å². The lowest BCUT2D eigenvalue weighted by Gasteiger charge is -2.31. The van der Waals surface area contributed by atoms with E-state index in [2.05, 4.69) is 43.7 Å². The predicted molar refractivity (Wildman–Crippen MR) is 233 cm³/mol. The van der Waals surface area contributed by atoms with Crippen LogP contribution < -0.4 is 20.7 Å². The van der Waals surface area contributed by atoms with E-state index in [9.17, 15) is 19.2 Å². The number of carbonyl (C=O) groups is 4. The summed E-state index contributed by atoms with van der Waals surface area (Å²) in [6, 6.07) is 10.5. The summed E-state index contributed by atoms with van der Waals surface area (Å²) < 4.78 is 22.4. The number of ether oxygens (including phenoxy) is 3. The van der Waals surface area contributed by atoms with Gasteiger partial charge in [0, 0.05) is 60.4 Å². The molecule has 0 saturated carbocycles. The van der Waals surface area contributed by atoms with Gasteiger partial charge in [0.1, 0.15) is 35.0 Å². The molecule has 6 rings (SSSR count). The fourth-order valence-corrected chi connectivity index (χ4v) is 8.00. The highest BCUT2D eigenvalue weighted by Gasteiger charge is 2.36. The second-order valence-corrected chi connectivity index (χ2v) is 16.1. The highest BCUT2D eigenvalue weighted by atomic mass is 16.5. The molecule has 0 radical (unpaired) electrons. The molecule has 0 aliphatic carbocycles. The molecule has 0 bridgehead atoms. The van der Waals surface area contributed by atoms with Gasteiger partial charge in [-0.1, -0.05) is 40.7 Å². The number of carbonyl (C=O) groups excluding carboxylic acids is 4. The Hall–Kier alpha value is -6.32. The van der Waals surface area contributed by atoms with Crippen LogP contribution in [0.2, 0.25) is 0 Å². The second-order valence-electron chi connectivity index (χ2n) is 16.1. The Labute approximate surface area is 356 Å². The molecule has 4 N–H and O–H groups in total. The van der Waals surface area contributed by atoms with E-state index >= 15 is 0 Å². The van der Waals surface area contributed by atoms with Crippen molar-refractivity contribution in [1.82, 2.24) is 35.7 Å². The first kappa shape index (κ1) is 44.2. The molecule has 16 heteroatoms. The quantitative estimate of drug-likeness (QED) is 0.0906. The van der Waals surface area contributed by atoms with Gasteiger partial charge in [-0.25, -0.2) is 14.6 Å². The van der Waals surface area contributed by atoms with Crippen LogP contribution >= 0.6 is 0 Å². The van der Waals surface area contributed by atoms with Crippen molar-refractivity contribution in [3.8, 4) is 28.3 Å². The minimum absolute atomic E-state index is 0.0819. The van der Waals surface area contributed by atoms with Crippen LogP contribution in [0, 0.1) is 11.8 Å². The summed E-state index contributed by atoms with van der Waals surface area (Å²) in [6.07, 6.45) is 5.18. The summed E-state index contributed by atoms with van der Waals surface area (Å²) in [5, 5.41) is 9.87. The average molecular weight is 839 g/mol. The molecule has 2 aromatic heterocycles. The van der Waals surface area contributed by atoms with Crippen LogP contribution in [0.3, 0.4) is 0 Å². The number of nitrogens with zero attached hydrogens (tertiary/aromatic N) is 4. The van der Waals surface area contributed by atoms with Crippen molar-refractivity contribution in [3.63, 3.8) is 0 Å². The van der Waals surface area contributed by atoms with Crippen molar-refractivity contribution < 1.29 is 37.8 Å². The summed E-state index contributed by atoms with van der Waals surface area (Å²) in [4.78, 5) is 66.8. The maximum atomic E-state index is 13.6. The highest BCUT2D eigenvalue weighted by Crippen LogP contribution is 2.43. The molecular weight excluding hydrogens is 781 g/mol. The minimum atomic E-state index is -0.737. The molecule has 326 valence electrons. The van der Waals surface area contributed by atoms with Crippen LogP contribution in [0.1, 0.15) is 70.8 Å². The molecule has 0 spiro atoms. The third kappa shape index (κ3) is 10.0. The van der Waals surface area contributed by atoms with Gasteiger partial charge in [0.25, 0.3) is 0 Å². The third-order valence-electron chi connectivity index (χ3n) is 11.2. The Bertz CT molecular complexity index is 2260. The second kappa shape index (κ2) is 19.8. The summed E-state index contributed by atoms with van der Waals surface area (Å²) in [7, 11) is 2.56. The molecular formula is C45H58N8O8. The van der Waals surface area contributed by atoms with Gasteiger partial charge >= 0.3 is 12.2 Å². The molecule has 4 amide bonds. The van der Waals surface area contributed by atoms with Crippen LogP contribution in [-0.2, 0) is 32.0 Å². The van der Waals surface area contributed by atoms with Crippen LogP contribution in [0.15, 0.2) is 58.2 Å². The SMILES string of the molecule is C=N/C=C(\NC[C@@H]1CCCN1C(=O)C(NC(=O)OC)C(C)C)c1ccc2oc3c(c2c1)CCOc1cc(-c2cnc(CN(CCC)C(=O)[C@@H](NC(=O)OC)C(C)C)[nH]2)ccc1-3. The number of imidazole rings is 1. The lowest BCUT2D eigenvalue weighted by Crippen LogP contribution is -2.53. The van der Waals surface area contributed by atoms with E-state index in [0.29, 0.717) is 44.2 Å². The summed E-state index contributed by atoms with van der Waals surface area (Å²) in [6.45, 7) is 15.5. The van der Waals surface area contributed by atoms with E-state index in [0.717, 1.165) is 69.6 Å². The van der Waals surface area contributed by atoms with Crippen molar-refractivity contribution in [3.05, 3.63) is 65.7 Å². The van der Waals surface area contributed by atoms with Crippen molar-refractivity contribution in [1.29, 1.82) is 0 Å². The lowest BCUT2D eigenvalue weighted by molar-refractivity contribution is -0.135. The Morgan fingerprint density at radius 3 is 2.48 bits per heavy atom. The molecule has 1 fully saturated rings. The largest absolute Gasteiger partial charge is 0.492 e. The van der Waals surface area contributed by atoms with Crippen molar-refractivity contribution in [2.75, 3.05) is 40.5 Å². The van der Waals surface area contributed by atoms with E-state index in [-0.39, 0.29) is 36.2 Å². The van der Waals surface area contributed by atoms with Gasteiger partial charge in [0.15, 0.2) is 0 Å². The van der Waals surface area contributed by atoms with Gasteiger partial charge in [0.05, 0.1) is 50.5 Å². The summed E-state index contributed by atoms with van der Waals surface area (Å²) >= 11 is 0. The zero-order valence-electron chi connectivity index (χ0n) is 36.1. The van der Waals surface area contributed by atoms with Gasteiger partial charge < -0.3 is 49.4 Å². The Balaban J connectivity index is 1.19. The number of aromatic amines is 1. The summed E-state index contributed by atoms with van der Waals surface area (Å²) in [5.41, 5.74) is 5.88. The standard InChI is InChI=1S/C45H58N8O8/c1-9-17-52(42(54)39(26(2)3)50-44(56)58-7)25-38-48-24-35(49-38)29-12-14-32-37(21-29)60-19-16-31-33-20-28(13-15-36(33)61-41(31)32)34(23-46-6)47-22-30-11-10-18-53(30)43(55)40(27(4)5)51-45(57)59-8/h12-15,20-21,23-24,26-27,30,39-40,47H,6,9-11,16-19,22,25H2,1-5,7-8H3,(H,48,49)(H,50,56)(H,51,57)/b34-23-/t30-,39-,40?/m0/s1. The zero-order chi connectivity index (χ0) is 43.8. The molecule has 1 saturated heterocycles. The smallest absolute Gasteiger partial charge is 0.407 e. The first-order valence-electron chi connectivity index (χ1n) is 20.9. The average Bonchev–Trinajstić information content (AvgIpc) is 3.99. The molecule has 4 aromatic rings. The number of hydrogen-bond donors (Lipinski definition) is 4. The molecule has 4 heterocycles. The van der Waals surface area contributed by atoms with E-state index in [1.165, 1.54) is 14.2 Å². The maximum Gasteiger partial charge on any atom is 0.407 e. The lowest BCUT2D eigenvalue weighted by atomic mass is 10.00. The number of aliphatic imine (C=N–C) groups is 1. The summed E-state index contributed by atoms with van der Waals surface area (Å²) in [5.74, 6) is 1.44. The van der Waals surface area contributed by atoms with Crippen LogP contribution in [-0.4, -0.2) is 109 Å². The Morgan fingerprint density at radius 1 is 1.05 bits per heavy atom. The molecule has 3 atom stereocenters. The van der Waals surface area contributed by atoms with Crippen LogP contribution in [0.4, 0.5) is 9.59 Å². The number of H-pyrrole nitrogens is 1. The number of methoxy groups -OCH3 is 2. The number of fused-ring (bicyclic) bond motifs is 5. The zero-order valence-corrected chi connectivity index (χ0v) is 36.1. The first-order chi connectivity index (χ1) is 29.4. The van der Waals surface area contributed by atoms with Crippen molar-refractivity contribution in [2.45, 2.75) is 85.0 Å². The highest BCUT2D eigenvalue weighted by molar-refractivity contribution is 5.92. The molecule has 2 aromatic carbocycles. The van der Waals surface area contributed by atoms with Crippen LogP contribution in [0.25, 0.3) is 39.2 Å². The number of rotatable bonds is 16. The maximum absolute atomic E-state index is 13.6. The van der Waals surface area contributed by atoms with Gasteiger partial charge in [-0.15, -0.1) is 0 Å². The molecule has 2 aliphatic heterocycles. The van der Waals surface area contributed by atoms with Gasteiger partial charge in [-0.05, 0) is 68.1 Å². The molecule has 1 unspecified atom stereocenters. The first-order valence-corrected chi connectivity index (χ1v) is 20.9. The third-order valence-corrected chi connectivity index (χ3v) is 11.2. The van der Waals surface area contributed by atoms with Crippen LogP contribution in [0.5, 0.6) is 5.75 Å². The fourth-order valence-electron chi connectivity index (χ4n) is 8.00. The van der Waals surface area contributed by atoms with E-state index < -0.39 is 24.3 Å². The number of alkyl carbamates (subject to hydrolysis) is 2. The number of nitrogens with one attached hydrogen (secondary N) is 4. The molecule has 2 aliphatic rings. The number of hydrogen-bond acceptors (Lipinski definition) is 11. The predicted octanol–water partition coefficient (Wildman–Crippen LogP) is 6.50. The number of amides is 4. The van der Waals surface area contributed by atoms with Gasteiger partial charge in [0.2, 0.25) is 11.8 Å². The molecule has 61 heavy (non-hydrogen) atoms. The number of benzene rings is 2. The van der Waals surface area contributed by atoms with Crippen molar-refractivity contribution in [2.24, 2.45) is 16.8 Å². The van der Waals surface area contributed by atoms with Gasteiger partial charge in [-0.3, -0.25) is 14.6 Å². The van der Waals surface area contributed by atoms with E-state index in [1.807, 2.05) is 69.9 Å². The Kier molecular flexibility index (Phi) is 14.4. The van der Waals surface area contributed by atoms with Gasteiger partial charge in [-0.2, -0.15) is 0 Å². The van der Waals surface area contributed by atoms with E-state index in [1.54, 1.807) is 17.3 Å². The number of aromatic nitrogens is 2. The molecule has 16 nitrogen and oxygen atoms in total. The minimum Gasteiger partial charge on any atom is -0.492 e. The Morgan fingerprint density at radius 2 is 1.79 bits per heavy atom.